The fourth-order valence-corrected chi connectivity index (χ4v) is 6.11. The van der Waals surface area contributed by atoms with E-state index in [2.05, 4.69) is 71.2 Å². The van der Waals surface area contributed by atoms with Gasteiger partial charge in [-0.25, -0.2) is 0 Å². The first-order valence-electron chi connectivity index (χ1n) is 14.2. The van der Waals surface area contributed by atoms with Gasteiger partial charge in [-0.2, -0.15) is 0 Å². The van der Waals surface area contributed by atoms with Crippen LogP contribution >= 0.6 is 12.2 Å². The molecule has 1 fully saturated rings. The summed E-state index contributed by atoms with van der Waals surface area (Å²) in [6.45, 7) is 6.34. The van der Waals surface area contributed by atoms with Crippen LogP contribution in [0.2, 0.25) is 0 Å². The van der Waals surface area contributed by atoms with E-state index in [-0.39, 0.29) is 24.6 Å². The number of anilines is 2. The van der Waals surface area contributed by atoms with Crippen LogP contribution in [0.4, 0.5) is 11.4 Å². The summed E-state index contributed by atoms with van der Waals surface area (Å²) in [6, 6.07) is 33.5. The van der Waals surface area contributed by atoms with Crippen LogP contribution in [-0.2, 0) is 4.79 Å². The predicted octanol–water partition coefficient (Wildman–Crippen LogP) is 6.99. The van der Waals surface area contributed by atoms with Crippen molar-refractivity contribution in [2.75, 3.05) is 16.8 Å². The molecule has 1 saturated heterocycles. The molecule has 1 amide bonds. The third kappa shape index (κ3) is 5.87. The van der Waals surface area contributed by atoms with Crippen LogP contribution in [0.15, 0.2) is 109 Å². The Morgan fingerprint density at radius 1 is 0.907 bits per heavy atom. The number of nitrogens with one attached hydrogen (secondary N) is 2. The zero-order valence-corrected chi connectivity index (χ0v) is 25.1. The van der Waals surface area contributed by atoms with Crippen molar-refractivity contribution in [2.45, 2.75) is 32.9 Å². The van der Waals surface area contributed by atoms with E-state index in [9.17, 15) is 4.79 Å². The number of carbonyl (C=O) groups is 1. The molecule has 1 aliphatic heterocycles. The second kappa shape index (κ2) is 12.1. The van der Waals surface area contributed by atoms with Crippen molar-refractivity contribution < 1.29 is 9.53 Å². The molecule has 2 aromatic heterocycles. The molecule has 0 bridgehead atoms. The lowest BCUT2D eigenvalue weighted by Gasteiger charge is -2.28. The smallest absolute Gasteiger partial charge is 0.262 e. The molecule has 3 heterocycles. The van der Waals surface area contributed by atoms with Crippen molar-refractivity contribution in [1.29, 1.82) is 0 Å². The molecule has 0 saturated carbocycles. The third-order valence-electron chi connectivity index (χ3n) is 7.69. The Balaban J connectivity index is 1.31. The first-order valence-corrected chi connectivity index (χ1v) is 14.6. The molecular weight excluding hydrogens is 554 g/mol. The minimum Gasteiger partial charge on any atom is -0.484 e. The summed E-state index contributed by atoms with van der Waals surface area (Å²) in [5, 5.41) is 7.09. The zero-order valence-electron chi connectivity index (χ0n) is 24.3. The van der Waals surface area contributed by atoms with Crippen LogP contribution in [0.5, 0.6) is 5.75 Å². The maximum atomic E-state index is 12.5. The van der Waals surface area contributed by atoms with Crippen LogP contribution in [0.1, 0.15) is 40.3 Å². The van der Waals surface area contributed by atoms with Crippen LogP contribution in [0, 0.1) is 20.8 Å². The molecule has 0 radical (unpaired) electrons. The molecule has 5 aromatic rings. The summed E-state index contributed by atoms with van der Waals surface area (Å²) >= 11 is 5.95. The van der Waals surface area contributed by atoms with Gasteiger partial charge in [0.15, 0.2) is 11.7 Å². The van der Waals surface area contributed by atoms with Gasteiger partial charge < -0.3 is 24.8 Å². The Labute approximate surface area is 257 Å². The molecule has 0 aliphatic carbocycles. The number of ether oxygens (including phenoxy) is 1. The highest BCUT2D eigenvalue weighted by Crippen LogP contribution is 2.44. The SMILES string of the molecule is Cc1cccc(-n2c(C)cc(C3C(c4ccccn4)NC(=S)N3c3ccc(NC(=O)COc4ccccc4)cc3)c2C)c1. The highest BCUT2D eigenvalue weighted by molar-refractivity contribution is 7.80. The molecule has 1 aliphatic rings. The van der Waals surface area contributed by atoms with Gasteiger partial charge in [-0.05, 0) is 111 Å². The van der Waals surface area contributed by atoms with E-state index in [1.807, 2.05) is 79.0 Å². The number of amides is 1. The number of nitrogens with zero attached hydrogens (tertiary/aromatic N) is 3. The van der Waals surface area contributed by atoms with Crippen molar-refractivity contribution in [3.63, 3.8) is 0 Å². The zero-order chi connectivity index (χ0) is 29.9. The third-order valence-corrected chi connectivity index (χ3v) is 8.00. The summed E-state index contributed by atoms with van der Waals surface area (Å²) in [7, 11) is 0. The Hall–Kier alpha value is -4.95. The number of hydrogen-bond acceptors (Lipinski definition) is 4. The lowest BCUT2D eigenvalue weighted by Crippen LogP contribution is -2.29. The number of para-hydroxylation sites is 1. The summed E-state index contributed by atoms with van der Waals surface area (Å²) in [4.78, 5) is 19.4. The summed E-state index contributed by atoms with van der Waals surface area (Å²) in [5.41, 5.74) is 8.31. The first kappa shape index (κ1) is 28.2. The van der Waals surface area contributed by atoms with E-state index in [0.29, 0.717) is 16.5 Å². The number of hydrogen-bond donors (Lipinski definition) is 2. The molecule has 8 heteroatoms. The van der Waals surface area contributed by atoms with E-state index in [1.165, 1.54) is 5.56 Å². The highest BCUT2D eigenvalue weighted by atomic mass is 32.1. The number of aromatic nitrogens is 2. The standard InChI is InChI=1S/C35H33N5O2S/c1-23-10-9-11-28(20-23)39-24(2)21-30(25(39)3)34-33(31-14-7-8-19-36-31)38-35(43)40(34)27-17-15-26(16-18-27)37-32(41)22-42-29-12-5-4-6-13-29/h4-21,33-34H,22H2,1-3H3,(H,37,41)(H,38,43). The van der Waals surface area contributed by atoms with Crippen LogP contribution in [-0.4, -0.2) is 27.2 Å². The molecule has 6 rings (SSSR count). The van der Waals surface area contributed by atoms with Gasteiger partial charge in [0.1, 0.15) is 5.75 Å². The van der Waals surface area contributed by atoms with Gasteiger partial charge in [-0.3, -0.25) is 9.78 Å². The summed E-state index contributed by atoms with van der Waals surface area (Å²) in [6.07, 6.45) is 1.81. The Morgan fingerprint density at radius 2 is 1.67 bits per heavy atom. The second-order valence-corrected chi connectivity index (χ2v) is 11.1. The van der Waals surface area contributed by atoms with Gasteiger partial charge in [0.05, 0.1) is 17.8 Å². The molecule has 2 unspecified atom stereocenters. The first-order chi connectivity index (χ1) is 20.9. The summed E-state index contributed by atoms with van der Waals surface area (Å²) in [5.74, 6) is 0.421. The number of benzene rings is 3. The maximum Gasteiger partial charge on any atom is 0.262 e. The molecule has 216 valence electrons. The average molecular weight is 588 g/mol. The van der Waals surface area contributed by atoms with E-state index in [1.54, 1.807) is 0 Å². The van der Waals surface area contributed by atoms with Crippen molar-refractivity contribution in [3.05, 3.63) is 138 Å². The van der Waals surface area contributed by atoms with Crippen molar-refractivity contribution >= 4 is 34.6 Å². The largest absolute Gasteiger partial charge is 0.484 e. The van der Waals surface area contributed by atoms with Gasteiger partial charge >= 0.3 is 0 Å². The minimum absolute atomic E-state index is 0.0731. The van der Waals surface area contributed by atoms with Crippen molar-refractivity contribution in [3.8, 4) is 11.4 Å². The van der Waals surface area contributed by atoms with E-state index in [4.69, 9.17) is 21.9 Å². The monoisotopic (exact) mass is 587 g/mol. The Bertz CT molecular complexity index is 1750. The Kier molecular flexibility index (Phi) is 7.94. The lowest BCUT2D eigenvalue weighted by atomic mass is 9.96. The molecule has 3 aromatic carbocycles. The van der Waals surface area contributed by atoms with E-state index < -0.39 is 0 Å². The highest BCUT2D eigenvalue weighted by Gasteiger charge is 2.42. The number of aryl methyl sites for hydroxylation is 2. The number of pyridine rings is 1. The average Bonchev–Trinajstić information content (AvgIpc) is 3.52. The van der Waals surface area contributed by atoms with E-state index >= 15 is 0 Å². The van der Waals surface area contributed by atoms with Crippen LogP contribution < -0.4 is 20.3 Å². The number of thiocarbonyl (C=S) groups is 1. The van der Waals surface area contributed by atoms with Gasteiger partial charge in [0.25, 0.3) is 5.91 Å². The molecule has 43 heavy (non-hydrogen) atoms. The lowest BCUT2D eigenvalue weighted by molar-refractivity contribution is -0.118. The second-order valence-electron chi connectivity index (χ2n) is 10.7. The van der Waals surface area contributed by atoms with Crippen molar-refractivity contribution in [2.24, 2.45) is 0 Å². The van der Waals surface area contributed by atoms with Crippen LogP contribution in [0.25, 0.3) is 5.69 Å². The Morgan fingerprint density at radius 3 is 2.40 bits per heavy atom. The molecule has 0 spiro atoms. The number of carbonyl (C=O) groups excluding carboxylic acids is 1. The molecule has 2 N–H and O–H groups in total. The van der Waals surface area contributed by atoms with E-state index in [0.717, 1.165) is 34.0 Å². The van der Waals surface area contributed by atoms with Gasteiger partial charge in [-0.1, -0.05) is 36.4 Å². The fraction of sp³-hybridized carbons (Fsp3) is 0.171. The predicted molar refractivity (Wildman–Crippen MR) is 175 cm³/mol. The molecular formula is C35H33N5O2S. The van der Waals surface area contributed by atoms with Gasteiger partial charge in [-0.15, -0.1) is 0 Å². The summed E-state index contributed by atoms with van der Waals surface area (Å²) < 4.78 is 7.88. The normalized spacial score (nSPS) is 16.2. The van der Waals surface area contributed by atoms with Gasteiger partial charge in [0, 0.05) is 34.6 Å². The van der Waals surface area contributed by atoms with Crippen molar-refractivity contribution in [1.82, 2.24) is 14.9 Å². The molecule has 7 nitrogen and oxygen atoms in total. The fourth-order valence-electron chi connectivity index (χ4n) is 5.77. The number of rotatable bonds is 8. The molecule has 2 atom stereocenters. The maximum absolute atomic E-state index is 12.5. The quantitative estimate of drug-likeness (QED) is 0.191. The van der Waals surface area contributed by atoms with Crippen LogP contribution in [0.3, 0.4) is 0 Å². The topological polar surface area (TPSA) is 71.4 Å². The minimum atomic E-state index is -0.230. The van der Waals surface area contributed by atoms with Gasteiger partial charge in [0.2, 0.25) is 0 Å².